The highest BCUT2D eigenvalue weighted by Crippen LogP contribution is 2.36. The van der Waals surface area contributed by atoms with E-state index in [0.29, 0.717) is 0 Å². The van der Waals surface area contributed by atoms with E-state index in [2.05, 4.69) is 180 Å². The fraction of sp³-hybridized carbons (Fsp3) is 0.0455. The van der Waals surface area contributed by atoms with Crippen LogP contribution >= 0.6 is 0 Å². The Morgan fingerprint density at radius 3 is 1.15 bits per heavy atom. The first-order chi connectivity index (χ1) is 23.8. The highest BCUT2D eigenvalue weighted by molar-refractivity contribution is 6.17. The summed E-state index contributed by atoms with van der Waals surface area (Å²) >= 11 is 0. The summed E-state index contributed by atoms with van der Waals surface area (Å²) in [7, 11) is 0. The van der Waals surface area contributed by atoms with Crippen molar-refractivity contribution in [1.29, 1.82) is 0 Å². The van der Waals surface area contributed by atoms with Gasteiger partial charge in [-0.1, -0.05) is 133 Å². The summed E-state index contributed by atoms with van der Waals surface area (Å²) in [5.41, 5.74) is 15.2. The van der Waals surface area contributed by atoms with Crippen LogP contribution in [0, 0.1) is 0 Å². The van der Waals surface area contributed by atoms with Crippen molar-refractivity contribution in [3.05, 3.63) is 192 Å². The Balaban J connectivity index is 1.26. The van der Waals surface area contributed by atoms with E-state index >= 15 is 0 Å². The second-order valence-electron chi connectivity index (χ2n) is 12.3. The van der Waals surface area contributed by atoms with Crippen LogP contribution in [0.4, 0.5) is 0 Å². The number of nitrogens with one attached hydrogen (secondary N) is 2. The number of allylic oxidation sites excluding steroid dienone is 2. The van der Waals surface area contributed by atoms with Gasteiger partial charge in [0.15, 0.2) is 0 Å². The molecule has 6 aromatic rings. The quantitative estimate of drug-likeness (QED) is 0.185. The molecule has 0 spiro atoms. The van der Waals surface area contributed by atoms with E-state index in [4.69, 9.17) is 9.98 Å². The fourth-order valence-corrected chi connectivity index (χ4v) is 6.91. The van der Waals surface area contributed by atoms with Gasteiger partial charge in [-0.05, 0) is 69.8 Å². The van der Waals surface area contributed by atoms with Gasteiger partial charge in [0.2, 0.25) is 0 Å². The Kier molecular flexibility index (Phi) is 6.90. The number of hydrogen-bond acceptors (Lipinski definition) is 2. The smallest absolute Gasteiger partial charge is 0.0945 e. The molecule has 0 aliphatic carbocycles. The first kappa shape index (κ1) is 28.0. The van der Waals surface area contributed by atoms with Gasteiger partial charge < -0.3 is 9.97 Å². The van der Waals surface area contributed by atoms with Crippen molar-refractivity contribution < 1.29 is 0 Å². The molecule has 2 N–H and O–H groups in total. The minimum atomic E-state index is -0.143. The van der Waals surface area contributed by atoms with Crippen molar-refractivity contribution in [2.75, 3.05) is 0 Å². The van der Waals surface area contributed by atoms with Crippen molar-refractivity contribution in [1.82, 2.24) is 9.97 Å². The number of aromatic amines is 2. The van der Waals surface area contributed by atoms with Crippen LogP contribution < -0.4 is 0 Å². The molecule has 3 aliphatic heterocycles. The molecule has 0 saturated carbocycles. The lowest BCUT2D eigenvalue weighted by molar-refractivity contribution is 1.01. The zero-order chi connectivity index (χ0) is 31.9. The maximum absolute atomic E-state index is 5.31. The zero-order valence-electron chi connectivity index (χ0n) is 26.2. The summed E-state index contributed by atoms with van der Waals surface area (Å²) in [6.45, 7) is 0. The van der Waals surface area contributed by atoms with Crippen LogP contribution in [-0.2, 0) is 0 Å². The molecule has 48 heavy (non-hydrogen) atoms. The lowest BCUT2D eigenvalue weighted by Crippen LogP contribution is -2.05. The Hall–Kier alpha value is -6.26. The molecule has 9 rings (SSSR count). The van der Waals surface area contributed by atoms with E-state index in [0.717, 1.165) is 56.5 Å². The summed E-state index contributed by atoms with van der Waals surface area (Å²) in [4.78, 5) is 18.1. The van der Waals surface area contributed by atoms with Gasteiger partial charge in [-0.2, -0.15) is 0 Å². The van der Waals surface area contributed by atoms with Crippen LogP contribution in [0.15, 0.2) is 168 Å². The van der Waals surface area contributed by atoms with Crippen molar-refractivity contribution >= 4 is 34.7 Å². The van der Waals surface area contributed by atoms with E-state index in [-0.39, 0.29) is 12.1 Å². The maximum Gasteiger partial charge on any atom is 0.0945 e. The Morgan fingerprint density at radius 1 is 0.417 bits per heavy atom. The highest BCUT2D eigenvalue weighted by atomic mass is 14.9. The Morgan fingerprint density at radius 2 is 0.771 bits per heavy atom. The molecule has 4 aromatic carbocycles. The monoisotopic (exact) mass is 616 g/mol. The van der Waals surface area contributed by atoms with E-state index in [1.54, 1.807) is 0 Å². The van der Waals surface area contributed by atoms with Gasteiger partial charge in [0.05, 0.1) is 34.9 Å². The molecule has 228 valence electrons. The SMILES string of the molecule is C1=C(c2ccccc2)C2/C=C\C3N=C(C=C3c3ccccc3)c3cc(-c4ccccc4)c([nH]3)/C=C\c3[nH]c(cc3-c3ccccc3)C1=N2. The van der Waals surface area contributed by atoms with E-state index in [9.17, 15) is 0 Å². The molecule has 0 saturated heterocycles. The number of H-pyrrole nitrogens is 2. The first-order valence-electron chi connectivity index (χ1n) is 16.4. The van der Waals surface area contributed by atoms with Gasteiger partial charge in [-0.3, -0.25) is 9.98 Å². The molecular weight excluding hydrogens is 585 g/mol. The maximum atomic E-state index is 5.31. The third kappa shape index (κ3) is 5.14. The van der Waals surface area contributed by atoms with Crippen molar-refractivity contribution in [3.8, 4) is 22.3 Å². The highest BCUT2D eigenvalue weighted by Gasteiger charge is 2.26. The average Bonchev–Trinajstić information content (AvgIpc) is 3.95. The second-order valence-corrected chi connectivity index (χ2v) is 12.3. The number of aromatic nitrogens is 2. The van der Waals surface area contributed by atoms with Crippen molar-refractivity contribution in [2.45, 2.75) is 12.1 Å². The minimum absolute atomic E-state index is 0.143. The first-order valence-corrected chi connectivity index (χ1v) is 16.4. The average molecular weight is 617 g/mol. The standard InChI is InChI=1S/C44H32N4/c1-5-13-29(14-6-1)33-25-41-42-26-34(30-15-7-2-8-16-30)39(46-42)23-24-40-36(32-19-11-4-12-20-32)28-44(48-40)43-27-35(31-17-9-3-10-18-31)38(47-43)22-21-37(33)45-41/h1-28,37-38,46,48H/b22-21-,24-23-. The number of nitrogens with zero attached hydrogens (tertiary/aromatic N) is 2. The van der Waals surface area contributed by atoms with Crippen molar-refractivity contribution in [3.63, 3.8) is 0 Å². The Bertz CT molecular complexity index is 2150. The molecule has 4 nitrogen and oxygen atoms in total. The third-order valence-corrected chi connectivity index (χ3v) is 9.30. The molecule has 2 unspecified atom stereocenters. The third-order valence-electron chi connectivity index (χ3n) is 9.30. The summed E-state index contributed by atoms with van der Waals surface area (Å²) < 4.78 is 0. The summed E-state index contributed by atoms with van der Waals surface area (Å²) in [6.07, 6.45) is 13.3. The van der Waals surface area contributed by atoms with Crippen LogP contribution in [0.1, 0.15) is 33.9 Å². The van der Waals surface area contributed by atoms with E-state index in [1.165, 1.54) is 22.3 Å². The van der Waals surface area contributed by atoms with Gasteiger partial charge in [0.1, 0.15) is 0 Å². The molecule has 0 amide bonds. The van der Waals surface area contributed by atoms with Crippen molar-refractivity contribution in [2.24, 2.45) is 9.98 Å². The number of fused-ring (bicyclic) bond motifs is 8. The van der Waals surface area contributed by atoms with Gasteiger partial charge >= 0.3 is 0 Å². The van der Waals surface area contributed by atoms with Gasteiger partial charge in [-0.25, -0.2) is 0 Å². The molecule has 5 heterocycles. The predicted molar refractivity (Wildman–Crippen MR) is 200 cm³/mol. The summed E-state index contributed by atoms with van der Waals surface area (Å²) in [5, 5.41) is 0. The van der Waals surface area contributed by atoms with Gasteiger partial charge in [0.25, 0.3) is 0 Å². The topological polar surface area (TPSA) is 56.3 Å². The summed E-state index contributed by atoms with van der Waals surface area (Å²) in [6, 6.07) is 46.4. The van der Waals surface area contributed by atoms with Gasteiger partial charge in [0, 0.05) is 22.5 Å². The van der Waals surface area contributed by atoms with Gasteiger partial charge in [-0.15, -0.1) is 0 Å². The fourth-order valence-electron chi connectivity index (χ4n) is 6.91. The molecule has 2 atom stereocenters. The lowest BCUT2D eigenvalue weighted by atomic mass is 9.96. The van der Waals surface area contributed by atoms with E-state index < -0.39 is 0 Å². The van der Waals surface area contributed by atoms with Crippen LogP contribution in [0.2, 0.25) is 0 Å². The second kappa shape index (κ2) is 11.8. The number of rotatable bonds is 4. The number of hydrogen-bond donors (Lipinski definition) is 2. The van der Waals surface area contributed by atoms with Crippen LogP contribution in [0.5, 0.6) is 0 Å². The van der Waals surface area contributed by atoms with Crippen LogP contribution in [0.25, 0.3) is 45.6 Å². The molecule has 0 radical (unpaired) electrons. The molecule has 2 aromatic heterocycles. The minimum Gasteiger partial charge on any atom is -0.353 e. The number of benzene rings is 4. The molecule has 8 bridgehead atoms. The largest absolute Gasteiger partial charge is 0.353 e. The van der Waals surface area contributed by atoms with E-state index in [1.807, 2.05) is 0 Å². The summed E-state index contributed by atoms with van der Waals surface area (Å²) in [5.74, 6) is 0. The lowest BCUT2D eigenvalue weighted by Gasteiger charge is -2.12. The molecule has 0 fully saturated rings. The molecule has 4 heteroatoms. The normalized spacial score (nSPS) is 19.2. The zero-order valence-corrected chi connectivity index (χ0v) is 26.2. The number of aliphatic imine (C=N–C) groups is 2. The van der Waals surface area contributed by atoms with Crippen LogP contribution in [0.3, 0.4) is 0 Å². The Labute approximate surface area is 280 Å². The molecule has 3 aliphatic rings. The van der Waals surface area contributed by atoms with Crippen LogP contribution in [-0.4, -0.2) is 33.5 Å². The molecular formula is C44H32N4. The predicted octanol–water partition coefficient (Wildman–Crippen LogP) is 9.93.